The average Bonchev–Trinajstić information content (AvgIpc) is 3.37. The van der Waals surface area contributed by atoms with Gasteiger partial charge in [0.15, 0.2) is 0 Å². The number of hydrogen-bond donors (Lipinski definition) is 1. The number of benzene rings is 1. The summed E-state index contributed by atoms with van der Waals surface area (Å²) < 4.78 is 7.27. The van der Waals surface area contributed by atoms with Crippen LogP contribution >= 0.6 is 0 Å². The molecule has 1 spiro atoms. The first kappa shape index (κ1) is 20.1. The number of ether oxygens (including phenoxy) is 1. The first-order valence-corrected chi connectivity index (χ1v) is 10.2. The standard InChI is InChI=1S/C22H26N4O4/c1-14-10-15(2)26(24-14)17-7-6-16(11-18(17)30-3)23-19(27)13-25-20(28)12-22(21(25)29)8-4-5-9-22/h6-7,10-11H,4-5,8-9,12-13H2,1-3H3,(H,23,27). The van der Waals surface area contributed by atoms with Crippen LogP contribution in [0.2, 0.25) is 0 Å². The quantitative estimate of drug-likeness (QED) is 0.765. The third-order valence-corrected chi connectivity index (χ3v) is 6.05. The van der Waals surface area contributed by atoms with Gasteiger partial charge >= 0.3 is 0 Å². The molecule has 3 amide bonds. The van der Waals surface area contributed by atoms with Crippen LogP contribution in [0.3, 0.4) is 0 Å². The van der Waals surface area contributed by atoms with Crippen LogP contribution in [0.1, 0.15) is 43.5 Å². The Morgan fingerprint density at radius 1 is 1.20 bits per heavy atom. The third kappa shape index (κ3) is 3.46. The zero-order chi connectivity index (χ0) is 21.5. The van der Waals surface area contributed by atoms with E-state index in [0.717, 1.165) is 47.7 Å². The summed E-state index contributed by atoms with van der Waals surface area (Å²) in [5.74, 6) is -0.308. The summed E-state index contributed by atoms with van der Waals surface area (Å²) >= 11 is 0. The first-order valence-electron chi connectivity index (χ1n) is 10.2. The minimum Gasteiger partial charge on any atom is -0.494 e. The van der Waals surface area contributed by atoms with Crippen LogP contribution in [0.15, 0.2) is 24.3 Å². The molecule has 1 aliphatic heterocycles. The van der Waals surface area contributed by atoms with Crippen molar-refractivity contribution >= 4 is 23.4 Å². The molecule has 2 heterocycles. The Hall–Kier alpha value is -3.16. The number of hydrogen-bond acceptors (Lipinski definition) is 5. The molecule has 2 fully saturated rings. The van der Waals surface area contributed by atoms with Gasteiger partial charge in [-0.25, -0.2) is 4.68 Å². The third-order valence-electron chi connectivity index (χ3n) is 6.05. The van der Waals surface area contributed by atoms with E-state index in [0.29, 0.717) is 11.4 Å². The molecule has 0 unspecified atom stereocenters. The summed E-state index contributed by atoms with van der Waals surface area (Å²) in [6.45, 7) is 3.61. The van der Waals surface area contributed by atoms with Crippen LogP contribution in [0.5, 0.6) is 5.75 Å². The maximum Gasteiger partial charge on any atom is 0.244 e. The maximum atomic E-state index is 12.8. The highest BCUT2D eigenvalue weighted by molar-refractivity contribution is 6.09. The van der Waals surface area contributed by atoms with Gasteiger partial charge < -0.3 is 10.1 Å². The van der Waals surface area contributed by atoms with E-state index in [-0.39, 0.29) is 24.8 Å². The van der Waals surface area contributed by atoms with E-state index in [1.165, 1.54) is 0 Å². The Bertz CT molecular complexity index is 1020. The predicted octanol–water partition coefficient (Wildman–Crippen LogP) is 2.76. The lowest BCUT2D eigenvalue weighted by molar-refractivity contribution is -0.143. The molecule has 1 saturated heterocycles. The topological polar surface area (TPSA) is 93.5 Å². The molecule has 2 aliphatic rings. The van der Waals surface area contributed by atoms with Gasteiger partial charge in [0, 0.05) is 23.9 Å². The minimum atomic E-state index is -0.567. The van der Waals surface area contributed by atoms with Gasteiger partial charge in [-0.15, -0.1) is 0 Å². The molecule has 2 aromatic rings. The van der Waals surface area contributed by atoms with Crippen LogP contribution in [0.4, 0.5) is 5.69 Å². The lowest BCUT2D eigenvalue weighted by Crippen LogP contribution is -2.39. The Morgan fingerprint density at radius 2 is 1.93 bits per heavy atom. The van der Waals surface area contributed by atoms with Crippen molar-refractivity contribution in [1.29, 1.82) is 0 Å². The van der Waals surface area contributed by atoms with Crippen molar-refractivity contribution in [1.82, 2.24) is 14.7 Å². The van der Waals surface area contributed by atoms with Crippen molar-refractivity contribution < 1.29 is 19.1 Å². The van der Waals surface area contributed by atoms with Crippen LogP contribution in [-0.2, 0) is 14.4 Å². The number of imide groups is 1. The number of carbonyl (C=O) groups excluding carboxylic acids is 3. The number of aromatic nitrogens is 2. The van der Waals surface area contributed by atoms with E-state index in [4.69, 9.17) is 4.74 Å². The number of nitrogens with zero attached hydrogens (tertiary/aromatic N) is 3. The summed E-state index contributed by atoms with van der Waals surface area (Å²) in [5.41, 5.74) is 2.58. The van der Waals surface area contributed by atoms with Crippen molar-refractivity contribution in [2.24, 2.45) is 5.41 Å². The summed E-state index contributed by atoms with van der Waals surface area (Å²) in [6, 6.07) is 7.23. The second-order valence-corrected chi connectivity index (χ2v) is 8.22. The molecule has 1 aliphatic carbocycles. The van der Waals surface area contributed by atoms with Crippen molar-refractivity contribution in [2.45, 2.75) is 46.0 Å². The highest BCUT2D eigenvalue weighted by atomic mass is 16.5. The zero-order valence-corrected chi connectivity index (χ0v) is 17.5. The average molecular weight is 410 g/mol. The van der Waals surface area contributed by atoms with E-state index in [9.17, 15) is 14.4 Å². The molecule has 158 valence electrons. The number of methoxy groups -OCH3 is 1. The molecule has 1 N–H and O–H groups in total. The smallest absolute Gasteiger partial charge is 0.244 e. The highest BCUT2D eigenvalue weighted by Crippen LogP contribution is 2.46. The van der Waals surface area contributed by atoms with Crippen LogP contribution in [-0.4, -0.2) is 46.1 Å². The molecule has 1 aromatic carbocycles. The van der Waals surface area contributed by atoms with Gasteiger partial charge in [-0.3, -0.25) is 19.3 Å². The van der Waals surface area contributed by atoms with E-state index in [2.05, 4.69) is 10.4 Å². The van der Waals surface area contributed by atoms with Crippen LogP contribution < -0.4 is 10.1 Å². The van der Waals surface area contributed by atoms with Gasteiger partial charge in [0.05, 0.1) is 18.2 Å². The van der Waals surface area contributed by atoms with Crippen molar-refractivity contribution in [3.63, 3.8) is 0 Å². The molecule has 0 atom stereocenters. The fourth-order valence-corrected chi connectivity index (χ4v) is 4.61. The Morgan fingerprint density at radius 3 is 2.57 bits per heavy atom. The fraction of sp³-hybridized carbons (Fsp3) is 0.455. The van der Waals surface area contributed by atoms with Gasteiger partial charge in [0.25, 0.3) is 0 Å². The molecular weight excluding hydrogens is 384 g/mol. The van der Waals surface area contributed by atoms with Crippen molar-refractivity contribution in [3.05, 3.63) is 35.7 Å². The number of rotatable bonds is 5. The number of aryl methyl sites for hydroxylation is 2. The lowest BCUT2D eigenvalue weighted by Gasteiger charge is -2.20. The largest absolute Gasteiger partial charge is 0.494 e. The van der Waals surface area contributed by atoms with E-state index < -0.39 is 11.3 Å². The molecular formula is C22H26N4O4. The first-order chi connectivity index (χ1) is 14.3. The van der Waals surface area contributed by atoms with Crippen LogP contribution in [0, 0.1) is 19.3 Å². The molecule has 1 aromatic heterocycles. The molecule has 0 radical (unpaired) electrons. The van der Waals surface area contributed by atoms with E-state index >= 15 is 0 Å². The second-order valence-electron chi connectivity index (χ2n) is 8.22. The van der Waals surface area contributed by atoms with Gasteiger partial charge in [0.1, 0.15) is 18.0 Å². The number of nitrogens with one attached hydrogen (secondary N) is 1. The minimum absolute atomic E-state index is 0.197. The van der Waals surface area contributed by atoms with Crippen LogP contribution in [0.25, 0.3) is 5.69 Å². The van der Waals surface area contributed by atoms with Crippen molar-refractivity contribution in [3.8, 4) is 11.4 Å². The Kier molecular flexibility index (Phi) is 5.09. The lowest BCUT2D eigenvalue weighted by atomic mass is 9.84. The van der Waals surface area contributed by atoms with Gasteiger partial charge in [-0.05, 0) is 44.9 Å². The summed E-state index contributed by atoms with van der Waals surface area (Å²) in [5, 5.41) is 7.23. The molecule has 8 heteroatoms. The Balaban J connectivity index is 1.48. The van der Waals surface area contributed by atoms with Crippen molar-refractivity contribution in [2.75, 3.05) is 19.0 Å². The molecule has 30 heavy (non-hydrogen) atoms. The Labute approximate surface area is 175 Å². The van der Waals surface area contributed by atoms with Gasteiger partial charge in [0.2, 0.25) is 17.7 Å². The molecule has 8 nitrogen and oxygen atoms in total. The number of amides is 3. The van der Waals surface area contributed by atoms with Gasteiger partial charge in [-0.2, -0.15) is 5.10 Å². The van der Waals surface area contributed by atoms with E-state index in [1.54, 1.807) is 23.9 Å². The zero-order valence-electron chi connectivity index (χ0n) is 17.5. The van der Waals surface area contributed by atoms with E-state index in [1.807, 2.05) is 26.0 Å². The SMILES string of the molecule is COc1cc(NC(=O)CN2C(=O)CC3(CCCC3)C2=O)ccc1-n1nc(C)cc1C. The second kappa shape index (κ2) is 7.59. The highest BCUT2D eigenvalue weighted by Gasteiger charge is 2.52. The van der Waals surface area contributed by atoms with Gasteiger partial charge in [-0.1, -0.05) is 12.8 Å². The summed E-state index contributed by atoms with van der Waals surface area (Å²) in [4.78, 5) is 38.8. The summed E-state index contributed by atoms with van der Waals surface area (Å²) in [6.07, 6.45) is 3.62. The molecule has 1 saturated carbocycles. The number of anilines is 1. The summed E-state index contributed by atoms with van der Waals surface area (Å²) in [7, 11) is 1.55. The molecule has 4 rings (SSSR count). The number of carbonyl (C=O) groups is 3. The maximum absolute atomic E-state index is 12.8. The fourth-order valence-electron chi connectivity index (χ4n) is 4.61. The predicted molar refractivity (Wildman–Crippen MR) is 110 cm³/mol. The molecule has 0 bridgehead atoms. The monoisotopic (exact) mass is 410 g/mol. The number of likely N-dealkylation sites (tertiary alicyclic amines) is 1. The normalized spacial score (nSPS) is 17.8.